The molecule has 4 nitrogen and oxygen atoms in total. The van der Waals surface area contributed by atoms with E-state index in [1.165, 1.54) is 0 Å². The second kappa shape index (κ2) is 9.42. The van der Waals surface area contributed by atoms with Crippen molar-refractivity contribution in [2.45, 2.75) is 65.3 Å². The van der Waals surface area contributed by atoms with Crippen LogP contribution in [0.1, 0.15) is 59.3 Å². The fourth-order valence-corrected chi connectivity index (χ4v) is 3.10. The van der Waals surface area contributed by atoms with Gasteiger partial charge in [0.1, 0.15) is 0 Å². The largest absolute Gasteiger partial charge is 0.356 e. The van der Waals surface area contributed by atoms with Gasteiger partial charge in [-0.1, -0.05) is 13.3 Å². The number of carbonyl (C=O) groups is 1. The van der Waals surface area contributed by atoms with Gasteiger partial charge in [-0.2, -0.15) is 0 Å². The number of amides is 1. The van der Waals surface area contributed by atoms with Crippen LogP contribution in [0, 0.1) is 5.41 Å². The summed E-state index contributed by atoms with van der Waals surface area (Å²) in [6.07, 6.45) is 6.45. The van der Waals surface area contributed by atoms with E-state index >= 15 is 0 Å². The van der Waals surface area contributed by atoms with Gasteiger partial charge in [0.15, 0.2) is 0 Å². The van der Waals surface area contributed by atoms with Gasteiger partial charge in [-0.25, -0.2) is 0 Å². The Kier molecular flexibility index (Phi) is 8.27. The van der Waals surface area contributed by atoms with E-state index in [0.29, 0.717) is 6.04 Å². The summed E-state index contributed by atoms with van der Waals surface area (Å²) in [5.41, 5.74) is -0.151. The molecule has 2 N–H and O–H groups in total. The lowest BCUT2D eigenvalue weighted by Crippen LogP contribution is -2.50. The van der Waals surface area contributed by atoms with Gasteiger partial charge in [-0.15, -0.1) is 0 Å². The molecular formula is C17H35N3O. The van der Waals surface area contributed by atoms with Crippen LogP contribution in [-0.2, 0) is 4.79 Å². The highest BCUT2D eigenvalue weighted by Gasteiger charge is 2.38. The number of hydrogen-bond donors (Lipinski definition) is 2. The Bertz CT molecular complexity index is 293. The number of nitrogens with zero attached hydrogens (tertiary/aromatic N) is 1. The molecule has 0 radical (unpaired) electrons. The van der Waals surface area contributed by atoms with Crippen molar-refractivity contribution in [1.82, 2.24) is 15.5 Å². The summed E-state index contributed by atoms with van der Waals surface area (Å²) in [4.78, 5) is 14.9. The minimum Gasteiger partial charge on any atom is -0.356 e. The van der Waals surface area contributed by atoms with E-state index in [0.717, 1.165) is 64.7 Å². The normalized spacial score (nSPS) is 22.8. The van der Waals surface area contributed by atoms with Gasteiger partial charge in [0, 0.05) is 19.1 Å². The maximum absolute atomic E-state index is 12.6. The van der Waals surface area contributed by atoms with Crippen LogP contribution in [0.3, 0.4) is 0 Å². The molecule has 1 aliphatic heterocycles. The van der Waals surface area contributed by atoms with E-state index in [-0.39, 0.29) is 11.3 Å². The Morgan fingerprint density at radius 1 is 1.38 bits per heavy atom. The lowest BCUT2D eigenvalue weighted by Gasteiger charge is -2.36. The Morgan fingerprint density at radius 2 is 2.14 bits per heavy atom. The zero-order valence-electron chi connectivity index (χ0n) is 14.5. The molecule has 1 fully saturated rings. The highest BCUT2D eigenvalue weighted by molar-refractivity contribution is 5.83. The standard InChI is InChI=1S/C17H35N3O/c1-5-9-17(10-8-11-18-14-17)16(21)19-12-6-7-13-20(4)15(2)3/h15,18H,5-14H2,1-4H3,(H,19,21). The zero-order valence-corrected chi connectivity index (χ0v) is 14.5. The predicted octanol–water partition coefficient (Wildman–Crippen LogP) is 2.39. The quantitative estimate of drug-likeness (QED) is 0.642. The van der Waals surface area contributed by atoms with Crippen molar-refractivity contribution in [2.24, 2.45) is 5.41 Å². The van der Waals surface area contributed by atoms with E-state index in [9.17, 15) is 4.79 Å². The van der Waals surface area contributed by atoms with Gasteiger partial charge in [0.05, 0.1) is 5.41 Å². The van der Waals surface area contributed by atoms with E-state index in [1.54, 1.807) is 0 Å². The maximum atomic E-state index is 12.6. The monoisotopic (exact) mass is 297 g/mol. The average Bonchev–Trinajstić information content (AvgIpc) is 2.47. The van der Waals surface area contributed by atoms with E-state index in [1.807, 2.05) is 0 Å². The number of carbonyl (C=O) groups excluding carboxylic acids is 1. The molecule has 1 saturated heterocycles. The highest BCUT2D eigenvalue weighted by atomic mass is 16.2. The minimum absolute atomic E-state index is 0.151. The Hall–Kier alpha value is -0.610. The molecule has 1 aliphatic rings. The predicted molar refractivity (Wildman–Crippen MR) is 89.5 cm³/mol. The topological polar surface area (TPSA) is 44.4 Å². The fraction of sp³-hybridized carbons (Fsp3) is 0.941. The lowest BCUT2D eigenvalue weighted by molar-refractivity contribution is -0.132. The highest BCUT2D eigenvalue weighted by Crippen LogP contribution is 2.31. The molecular weight excluding hydrogens is 262 g/mol. The molecule has 1 rings (SSSR count). The van der Waals surface area contributed by atoms with Gasteiger partial charge in [-0.05, 0) is 66.1 Å². The second-order valence-electron chi connectivity index (χ2n) is 6.85. The number of piperidine rings is 1. The van der Waals surface area contributed by atoms with E-state index in [4.69, 9.17) is 0 Å². The Balaban J connectivity index is 2.28. The first-order chi connectivity index (χ1) is 10.0. The van der Waals surface area contributed by atoms with Crippen LogP contribution in [0.5, 0.6) is 0 Å². The van der Waals surface area contributed by atoms with Crippen molar-refractivity contribution in [3.63, 3.8) is 0 Å². The van der Waals surface area contributed by atoms with E-state index in [2.05, 4.69) is 43.4 Å². The molecule has 0 aromatic heterocycles. The summed E-state index contributed by atoms with van der Waals surface area (Å²) in [6, 6.07) is 0.598. The third kappa shape index (κ3) is 5.95. The van der Waals surface area contributed by atoms with Crippen LogP contribution in [0.2, 0.25) is 0 Å². The van der Waals surface area contributed by atoms with Crippen molar-refractivity contribution in [1.29, 1.82) is 0 Å². The molecule has 0 bridgehead atoms. The smallest absolute Gasteiger partial charge is 0.227 e. The molecule has 0 aromatic carbocycles. The zero-order chi connectivity index (χ0) is 15.7. The van der Waals surface area contributed by atoms with Crippen molar-refractivity contribution in [3.8, 4) is 0 Å². The summed E-state index contributed by atoms with van der Waals surface area (Å²) >= 11 is 0. The number of nitrogens with one attached hydrogen (secondary N) is 2. The maximum Gasteiger partial charge on any atom is 0.227 e. The third-order valence-electron chi connectivity index (χ3n) is 4.79. The molecule has 0 saturated carbocycles. The van der Waals surface area contributed by atoms with Crippen molar-refractivity contribution in [2.75, 3.05) is 33.2 Å². The molecule has 21 heavy (non-hydrogen) atoms. The SMILES string of the molecule is CCCC1(C(=O)NCCCCN(C)C(C)C)CCCNC1. The molecule has 124 valence electrons. The molecule has 1 atom stereocenters. The van der Waals surface area contributed by atoms with Crippen molar-refractivity contribution in [3.05, 3.63) is 0 Å². The van der Waals surface area contributed by atoms with E-state index < -0.39 is 0 Å². The van der Waals surface area contributed by atoms with Crippen molar-refractivity contribution >= 4 is 5.91 Å². The van der Waals surface area contributed by atoms with Gasteiger partial charge < -0.3 is 15.5 Å². The molecule has 1 unspecified atom stereocenters. The van der Waals surface area contributed by atoms with Crippen LogP contribution in [0.25, 0.3) is 0 Å². The number of rotatable bonds is 9. The van der Waals surface area contributed by atoms with Crippen LogP contribution in [-0.4, -0.2) is 50.1 Å². The third-order valence-corrected chi connectivity index (χ3v) is 4.79. The summed E-state index contributed by atoms with van der Waals surface area (Å²) in [6.45, 7) is 10.4. The van der Waals surface area contributed by atoms with Crippen molar-refractivity contribution < 1.29 is 4.79 Å². The lowest BCUT2D eigenvalue weighted by atomic mass is 9.76. The van der Waals surface area contributed by atoms with Gasteiger partial charge >= 0.3 is 0 Å². The summed E-state index contributed by atoms with van der Waals surface area (Å²) in [7, 11) is 2.16. The molecule has 1 heterocycles. The van der Waals surface area contributed by atoms with Crippen LogP contribution < -0.4 is 10.6 Å². The first-order valence-electron chi connectivity index (χ1n) is 8.71. The fourth-order valence-electron chi connectivity index (χ4n) is 3.10. The second-order valence-corrected chi connectivity index (χ2v) is 6.85. The summed E-state index contributed by atoms with van der Waals surface area (Å²) in [5, 5.41) is 6.59. The van der Waals surface area contributed by atoms with Crippen LogP contribution in [0.15, 0.2) is 0 Å². The average molecular weight is 297 g/mol. The number of unbranched alkanes of at least 4 members (excludes halogenated alkanes) is 1. The van der Waals surface area contributed by atoms with Gasteiger partial charge in [0.2, 0.25) is 5.91 Å². The van der Waals surface area contributed by atoms with Crippen LogP contribution >= 0.6 is 0 Å². The molecule has 0 aliphatic carbocycles. The number of hydrogen-bond acceptors (Lipinski definition) is 3. The minimum atomic E-state index is -0.151. The molecule has 1 amide bonds. The van der Waals surface area contributed by atoms with Gasteiger partial charge in [-0.3, -0.25) is 4.79 Å². The van der Waals surface area contributed by atoms with Crippen LogP contribution in [0.4, 0.5) is 0 Å². The first-order valence-corrected chi connectivity index (χ1v) is 8.71. The summed E-state index contributed by atoms with van der Waals surface area (Å²) in [5.74, 6) is 0.272. The van der Waals surface area contributed by atoms with Gasteiger partial charge in [0.25, 0.3) is 0 Å². The Labute approximate surface area is 131 Å². The summed E-state index contributed by atoms with van der Waals surface area (Å²) < 4.78 is 0. The molecule has 0 spiro atoms. The Morgan fingerprint density at radius 3 is 2.71 bits per heavy atom. The molecule has 4 heteroatoms. The first kappa shape index (κ1) is 18.4. The molecule has 0 aromatic rings.